The van der Waals surface area contributed by atoms with Crippen LogP contribution in [0, 0.1) is 0 Å². The molecule has 1 aromatic carbocycles. The lowest BCUT2D eigenvalue weighted by atomic mass is 10.2. The van der Waals surface area contributed by atoms with Gasteiger partial charge >= 0.3 is 6.18 Å². The van der Waals surface area contributed by atoms with E-state index < -0.39 is 39.4 Å². The number of halogens is 4. The van der Waals surface area contributed by atoms with Crippen LogP contribution in [0.15, 0.2) is 40.7 Å². The van der Waals surface area contributed by atoms with Crippen molar-refractivity contribution in [3.63, 3.8) is 0 Å². The molecule has 2 N–H and O–H groups in total. The summed E-state index contributed by atoms with van der Waals surface area (Å²) in [5.74, 6) is -0.787. The van der Waals surface area contributed by atoms with Crippen LogP contribution in [-0.2, 0) is 27.5 Å². The van der Waals surface area contributed by atoms with Crippen LogP contribution in [0.3, 0.4) is 0 Å². The number of benzene rings is 1. The molecule has 0 unspecified atom stereocenters. The summed E-state index contributed by atoms with van der Waals surface area (Å²) in [6, 6.07) is 5.31. The molecule has 3 aromatic rings. The van der Waals surface area contributed by atoms with Crippen molar-refractivity contribution in [1.82, 2.24) is 14.8 Å². The number of alkyl halides is 3. The third-order valence-corrected chi connectivity index (χ3v) is 7.11. The zero-order chi connectivity index (χ0) is 23.1. The second-order valence-electron chi connectivity index (χ2n) is 6.99. The minimum atomic E-state index is -4.73. The average Bonchev–Trinajstić information content (AvgIpc) is 3.30. The molecule has 1 saturated carbocycles. The van der Waals surface area contributed by atoms with Gasteiger partial charge in [-0.25, -0.2) is 13.4 Å². The van der Waals surface area contributed by atoms with E-state index in [9.17, 15) is 26.4 Å². The summed E-state index contributed by atoms with van der Waals surface area (Å²) in [5.41, 5.74) is -0.745. The summed E-state index contributed by atoms with van der Waals surface area (Å²) < 4.78 is 67.4. The maximum Gasteiger partial charge on any atom is 0.436 e. The normalized spacial score (nSPS) is 14.4. The van der Waals surface area contributed by atoms with Crippen LogP contribution >= 0.6 is 22.9 Å². The van der Waals surface area contributed by atoms with E-state index in [0.717, 1.165) is 16.0 Å². The van der Waals surface area contributed by atoms with Crippen LogP contribution in [0.4, 0.5) is 24.0 Å². The molecule has 8 nitrogen and oxygen atoms in total. The van der Waals surface area contributed by atoms with Gasteiger partial charge in [-0.2, -0.15) is 18.3 Å². The first-order valence-electron chi connectivity index (χ1n) is 9.20. The van der Waals surface area contributed by atoms with Crippen LogP contribution in [0.25, 0.3) is 0 Å². The molecule has 0 spiro atoms. The second-order valence-corrected chi connectivity index (χ2v) is 9.95. The molecule has 0 aliphatic heterocycles. The lowest BCUT2D eigenvalue weighted by molar-refractivity contribution is -0.141. The minimum absolute atomic E-state index is 0.0459. The number of sulfonamides is 1. The van der Waals surface area contributed by atoms with E-state index in [-0.39, 0.29) is 27.3 Å². The fraction of sp³-hybridized carbons (Fsp3) is 0.278. The third kappa shape index (κ3) is 4.89. The Morgan fingerprint density at radius 2 is 1.94 bits per heavy atom. The standard InChI is InChI=1S/C18H15ClF3N5O3S2/c19-14-15(10-1-2-10)27(25-16(14)18(20,21)22)9-13(28)24-11-3-5-12(6-4-11)32(29,30)26-17-23-7-8-31-17/h3-8,10H,1-2,9H2,(H,23,26)(H,24,28). The molecule has 170 valence electrons. The SMILES string of the molecule is O=C(Cn1nc(C(F)(F)F)c(Cl)c1C1CC1)Nc1ccc(S(=O)(=O)Nc2nccs2)cc1. The summed E-state index contributed by atoms with van der Waals surface area (Å²) in [5, 5.41) is 7.39. The number of amides is 1. The van der Waals surface area contributed by atoms with Crippen molar-refractivity contribution in [3.8, 4) is 0 Å². The molecule has 4 rings (SSSR count). The Kier molecular flexibility index (Phi) is 5.90. The van der Waals surface area contributed by atoms with E-state index in [1.807, 2.05) is 0 Å². The first-order valence-corrected chi connectivity index (χ1v) is 11.9. The lowest BCUT2D eigenvalue weighted by Gasteiger charge is -2.09. The minimum Gasteiger partial charge on any atom is -0.324 e. The lowest BCUT2D eigenvalue weighted by Crippen LogP contribution is -2.21. The highest BCUT2D eigenvalue weighted by Crippen LogP contribution is 2.46. The number of thiazole rings is 1. The van der Waals surface area contributed by atoms with E-state index in [2.05, 4.69) is 20.1 Å². The van der Waals surface area contributed by atoms with E-state index >= 15 is 0 Å². The van der Waals surface area contributed by atoms with Crippen molar-refractivity contribution in [2.45, 2.75) is 36.4 Å². The molecule has 0 atom stereocenters. The largest absolute Gasteiger partial charge is 0.436 e. The van der Waals surface area contributed by atoms with E-state index in [0.29, 0.717) is 12.8 Å². The fourth-order valence-electron chi connectivity index (χ4n) is 3.00. The van der Waals surface area contributed by atoms with Gasteiger partial charge in [0.2, 0.25) is 5.91 Å². The number of anilines is 2. The smallest absolute Gasteiger partial charge is 0.324 e. The van der Waals surface area contributed by atoms with Gasteiger partial charge in [0.15, 0.2) is 10.8 Å². The Hall–Kier alpha value is -2.64. The molecule has 0 saturated heterocycles. The summed E-state index contributed by atoms with van der Waals surface area (Å²) in [4.78, 5) is 16.2. The van der Waals surface area contributed by atoms with Gasteiger partial charge in [-0.1, -0.05) is 11.6 Å². The Labute approximate surface area is 189 Å². The first-order chi connectivity index (χ1) is 15.0. The summed E-state index contributed by atoms with van der Waals surface area (Å²) >= 11 is 7.02. The van der Waals surface area contributed by atoms with Crippen molar-refractivity contribution in [3.05, 3.63) is 52.3 Å². The number of hydrogen-bond donors (Lipinski definition) is 2. The topological polar surface area (TPSA) is 106 Å². The summed E-state index contributed by atoms with van der Waals surface area (Å²) in [7, 11) is -3.85. The van der Waals surface area contributed by atoms with Gasteiger partial charge in [0.1, 0.15) is 6.54 Å². The number of carbonyl (C=O) groups is 1. The second kappa shape index (κ2) is 8.37. The predicted molar refractivity (Wildman–Crippen MR) is 112 cm³/mol. The van der Waals surface area contributed by atoms with Crippen LogP contribution in [0.1, 0.15) is 30.1 Å². The first kappa shape index (κ1) is 22.6. The number of nitrogens with one attached hydrogen (secondary N) is 2. The van der Waals surface area contributed by atoms with Gasteiger partial charge < -0.3 is 5.32 Å². The highest BCUT2D eigenvalue weighted by Gasteiger charge is 2.42. The average molecular weight is 506 g/mol. The highest BCUT2D eigenvalue weighted by atomic mass is 35.5. The Balaban J connectivity index is 1.46. The molecule has 1 amide bonds. The van der Waals surface area contributed by atoms with Crippen LogP contribution in [0.2, 0.25) is 5.02 Å². The quantitative estimate of drug-likeness (QED) is 0.497. The van der Waals surface area contributed by atoms with Gasteiger partial charge in [0.25, 0.3) is 10.0 Å². The Morgan fingerprint density at radius 1 is 1.25 bits per heavy atom. The predicted octanol–water partition coefficient (Wildman–Crippen LogP) is 4.33. The molecule has 32 heavy (non-hydrogen) atoms. The van der Waals surface area contributed by atoms with E-state index in [1.54, 1.807) is 5.38 Å². The monoisotopic (exact) mass is 505 g/mol. The number of hydrogen-bond acceptors (Lipinski definition) is 6. The van der Waals surface area contributed by atoms with Gasteiger partial charge in [-0.15, -0.1) is 11.3 Å². The zero-order valence-corrected chi connectivity index (χ0v) is 18.4. The van der Waals surface area contributed by atoms with Gasteiger partial charge in [-0.3, -0.25) is 14.2 Å². The van der Waals surface area contributed by atoms with Crippen molar-refractivity contribution < 1.29 is 26.4 Å². The number of nitrogens with zero attached hydrogens (tertiary/aromatic N) is 3. The molecule has 1 fully saturated rings. The number of rotatable bonds is 7. The molecule has 1 aliphatic rings. The molecule has 0 radical (unpaired) electrons. The van der Waals surface area contributed by atoms with Crippen LogP contribution in [-0.4, -0.2) is 29.1 Å². The van der Waals surface area contributed by atoms with Crippen LogP contribution < -0.4 is 10.0 Å². The van der Waals surface area contributed by atoms with Gasteiger partial charge in [-0.05, 0) is 37.1 Å². The van der Waals surface area contributed by atoms with Crippen molar-refractivity contribution >= 4 is 49.7 Å². The van der Waals surface area contributed by atoms with Gasteiger partial charge in [0.05, 0.1) is 15.6 Å². The van der Waals surface area contributed by atoms with Gasteiger partial charge in [0, 0.05) is 23.2 Å². The summed E-state index contributed by atoms with van der Waals surface area (Å²) in [6.45, 7) is -0.465. The molecular formula is C18H15ClF3N5O3S2. The van der Waals surface area contributed by atoms with E-state index in [4.69, 9.17) is 11.6 Å². The fourth-order valence-corrected chi connectivity index (χ4v) is 5.19. The molecule has 14 heteroatoms. The number of aromatic nitrogens is 3. The van der Waals surface area contributed by atoms with Crippen molar-refractivity contribution in [2.24, 2.45) is 0 Å². The maximum absolute atomic E-state index is 13.1. The Bertz CT molecular complexity index is 1240. The van der Waals surface area contributed by atoms with E-state index in [1.165, 1.54) is 30.5 Å². The van der Waals surface area contributed by atoms with Crippen LogP contribution in [0.5, 0.6) is 0 Å². The third-order valence-electron chi connectivity index (χ3n) is 4.56. The zero-order valence-electron chi connectivity index (χ0n) is 16.1. The van der Waals surface area contributed by atoms with Crippen molar-refractivity contribution in [2.75, 3.05) is 10.0 Å². The highest BCUT2D eigenvalue weighted by molar-refractivity contribution is 7.93. The van der Waals surface area contributed by atoms with Crippen molar-refractivity contribution in [1.29, 1.82) is 0 Å². The molecule has 0 bridgehead atoms. The maximum atomic E-state index is 13.1. The molecule has 2 heterocycles. The molecule has 2 aromatic heterocycles. The summed E-state index contributed by atoms with van der Waals surface area (Å²) in [6.07, 6.45) is -1.92. The Morgan fingerprint density at radius 3 is 2.50 bits per heavy atom. The molecule has 1 aliphatic carbocycles. The number of carbonyl (C=O) groups excluding carboxylic acids is 1. The molecular weight excluding hydrogens is 491 g/mol.